The van der Waals surface area contributed by atoms with Crippen molar-refractivity contribution >= 4 is 34.8 Å². The number of fused-ring (bicyclic) bond motifs is 2. The number of rotatable bonds is 2. The topological polar surface area (TPSA) is 101 Å². The summed E-state index contributed by atoms with van der Waals surface area (Å²) in [5.41, 5.74) is 1.68. The summed E-state index contributed by atoms with van der Waals surface area (Å²) in [4.78, 5) is 12.6. The third-order valence-electron chi connectivity index (χ3n) is 4.62. The van der Waals surface area contributed by atoms with Gasteiger partial charge in [0.2, 0.25) is 5.95 Å². The Kier molecular flexibility index (Phi) is 4.07. The number of H-pyrrole nitrogens is 1. The van der Waals surface area contributed by atoms with Crippen molar-refractivity contribution < 1.29 is 4.39 Å². The number of anilines is 2. The number of halogens is 3. The first-order valence-corrected chi connectivity index (χ1v) is 9.17. The van der Waals surface area contributed by atoms with Crippen molar-refractivity contribution in [3.8, 4) is 11.3 Å². The summed E-state index contributed by atoms with van der Waals surface area (Å²) in [7, 11) is 0. The maximum absolute atomic E-state index is 14.0. The van der Waals surface area contributed by atoms with Gasteiger partial charge in [-0.3, -0.25) is 4.79 Å². The highest BCUT2D eigenvalue weighted by atomic mass is 35.5. The highest BCUT2D eigenvalue weighted by molar-refractivity contribution is 6.36. The summed E-state index contributed by atoms with van der Waals surface area (Å²) in [5, 5.41) is 22.0. The van der Waals surface area contributed by atoms with Crippen LogP contribution in [0.4, 0.5) is 16.0 Å². The molecule has 0 radical (unpaired) electrons. The summed E-state index contributed by atoms with van der Waals surface area (Å²) < 4.78 is 15.5. The van der Waals surface area contributed by atoms with Crippen molar-refractivity contribution in [2.24, 2.45) is 0 Å². The number of tetrazole rings is 1. The van der Waals surface area contributed by atoms with E-state index in [4.69, 9.17) is 23.2 Å². The van der Waals surface area contributed by atoms with Crippen LogP contribution >= 0.6 is 23.2 Å². The minimum Gasteiger partial charge on any atom is -0.318 e. The van der Waals surface area contributed by atoms with Gasteiger partial charge in [0, 0.05) is 16.1 Å². The Labute approximate surface area is 172 Å². The van der Waals surface area contributed by atoms with Crippen molar-refractivity contribution in [3.05, 3.63) is 79.8 Å². The van der Waals surface area contributed by atoms with E-state index in [0.717, 1.165) is 0 Å². The molecule has 2 N–H and O–H groups in total. The third kappa shape index (κ3) is 2.86. The van der Waals surface area contributed by atoms with E-state index in [1.165, 1.54) is 16.8 Å². The summed E-state index contributed by atoms with van der Waals surface area (Å²) in [5.74, 6) is -0.183. The lowest BCUT2D eigenvalue weighted by Gasteiger charge is -2.28. The van der Waals surface area contributed by atoms with Crippen molar-refractivity contribution in [2.45, 2.75) is 6.04 Å². The molecule has 1 aliphatic rings. The van der Waals surface area contributed by atoms with Gasteiger partial charge in [0.05, 0.1) is 5.02 Å². The number of hydrogen-bond acceptors (Lipinski definition) is 6. The SMILES string of the molecule is O=c1[nH]nc(-c2ccc(Cl)cc2Cl)c2c1Nc1nnnn1C2c1cccc(F)c1. The summed E-state index contributed by atoms with van der Waals surface area (Å²) in [6.07, 6.45) is 0. The third-order valence-corrected chi connectivity index (χ3v) is 5.17. The predicted molar refractivity (Wildman–Crippen MR) is 105 cm³/mol. The molecule has 3 heterocycles. The quantitative estimate of drug-likeness (QED) is 0.444. The molecule has 0 saturated carbocycles. The van der Waals surface area contributed by atoms with Crippen LogP contribution in [0.25, 0.3) is 11.3 Å². The lowest BCUT2D eigenvalue weighted by Crippen LogP contribution is -2.29. The van der Waals surface area contributed by atoms with E-state index >= 15 is 0 Å². The van der Waals surface area contributed by atoms with Crippen molar-refractivity contribution in [1.82, 2.24) is 30.4 Å². The molecule has 29 heavy (non-hydrogen) atoms. The Hall–Kier alpha value is -3.30. The molecule has 5 rings (SSSR count). The second kappa shape index (κ2) is 6.64. The first kappa shape index (κ1) is 17.8. The maximum atomic E-state index is 14.0. The molecule has 1 unspecified atom stereocenters. The molecule has 0 amide bonds. The molecule has 4 aromatic rings. The molecule has 1 aliphatic heterocycles. The second-order valence-corrected chi connectivity index (χ2v) is 7.19. The molecule has 0 aliphatic carbocycles. The van der Waals surface area contributed by atoms with Crippen molar-refractivity contribution in [3.63, 3.8) is 0 Å². The Morgan fingerprint density at radius 2 is 2.00 bits per heavy atom. The normalized spacial score (nSPS) is 14.8. The molecule has 0 spiro atoms. The van der Waals surface area contributed by atoms with Crippen LogP contribution in [0.3, 0.4) is 0 Å². The van der Waals surface area contributed by atoms with E-state index in [-0.39, 0.29) is 11.6 Å². The van der Waals surface area contributed by atoms with Crippen LogP contribution in [0.2, 0.25) is 10.0 Å². The van der Waals surface area contributed by atoms with Crippen LogP contribution in [-0.4, -0.2) is 30.4 Å². The fourth-order valence-electron chi connectivity index (χ4n) is 3.41. The van der Waals surface area contributed by atoms with E-state index in [1.807, 2.05) is 0 Å². The maximum Gasteiger partial charge on any atom is 0.288 e. The molecule has 144 valence electrons. The van der Waals surface area contributed by atoms with E-state index in [2.05, 4.69) is 31.0 Å². The lowest BCUT2D eigenvalue weighted by molar-refractivity contribution is 0.560. The Morgan fingerprint density at radius 1 is 1.14 bits per heavy atom. The van der Waals surface area contributed by atoms with E-state index in [1.54, 1.807) is 30.3 Å². The number of hydrogen-bond donors (Lipinski definition) is 2. The number of aromatic nitrogens is 6. The lowest BCUT2D eigenvalue weighted by atomic mass is 9.92. The number of nitrogens with one attached hydrogen (secondary N) is 2. The minimum atomic E-state index is -0.705. The van der Waals surface area contributed by atoms with Crippen LogP contribution in [0.1, 0.15) is 17.2 Å². The number of benzene rings is 2. The number of aromatic amines is 1. The largest absolute Gasteiger partial charge is 0.318 e. The van der Waals surface area contributed by atoms with Crippen LogP contribution in [-0.2, 0) is 0 Å². The van der Waals surface area contributed by atoms with E-state index in [0.29, 0.717) is 32.4 Å². The second-order valence-electron chi connectivity index (χ2n) is 6.34. The molecular formula is C18H10Cl2FN7O. The van der Waals surface area contributed by atoms with Gasteiger partial charge >= 0.3 is 0 Å². The highest BCUT2D eigenvalue weighted by Gasteiger charge is 2.34. The van der Waals surface area contributed by atoms with Gasteiger partial charge in [0.25, 0.3) is 5.56 Å². The van der Waals surface area contributed by atoms with Crippen molar-refractivity contribution in [2.75, 3.05) is 5.32 Å². The van der Waals surface area contributed by atoms with Gasteiger partial charge in [-0.2, -0.15) is 9.78 Å². The number of nitrogens with zero attached hydrogens (tertiary/aromatic N) is 5. The zero-order valence-electron chi connectivity index (χ0n) is 14.4. The molecule has 1 atom stereocenters. The molecule has 0 saturated heterocycles. The zero-order valence-corrected chi connectivity index (χ0v) is 15.9. The first-order chi connectivity index (χ1) is 14.0. The van der Waals surface area contributed by atoms with Gasteiger partial charge in [-0.1, -0.05) is 40.4 Å². The zero-order chi connectivity index (χ0) is 20.1. The average Bonchev–Trinajstić information content (AvgIpc) is 3.16. The van der Waals surface area contributed by atoms with Gasteiger partial charge in [-0.15, -0.1) is 0 Å². The summed E-state index contributed by atoms with van der Waals surface area (Å²) in [6.45, 7) is 0. The van der Waals surface area contributed by atoms with Crippen LogP contribution < -0.4 is 10.9 Å². The fraction of sp³-hybridized carbons (Fsp3) is 0.0556. The Balaban J connectivity index is 1.84. The monoisotopic (exact) mass is 429 g/mol. The molecule has 2 aromatic heterocycles. The first-order valence-electron chi connectivity index (χ1n) is 8.41. The molecule has 11 heteroatoms. The van der Waals surface area contributed by atoms with Crippen LogP contribution in [0, 0.1) is 5.82 Å². The van der Waals surface area contributed by atoms with Gasteiger partial charge < -0.3 is 5.32 Å². The van der Waals surface area contributed by atoms with Gasteiger partial charge in [0.1, 0.15) is 23.2 Å². The molecule has 0 bridgehead atoms. The minimum absolute atomic E-state index is 0.206. The van der Waals surface area contributed by atoms with Crippen molar-refractivity contribution in [1.29, 1.82) is 0 Å². The summed E-state index contributed by atoms with van der Waals surface area (Å²) >= 11 is 12.4. The van der Waals surface area contributed by atoms with E-state index in [9.17, 15) is 9.18 Å². The highest BCUT2D eigenvalue weighted by Crippen LogP contribution is 2.42. The average molecular weight is 430 g/mol. The van der Waals surface area contributed by atoms with Gasteiger partial charge in [-0.25, -0.2) is 9.49 Å². The Morgan fingerprint density at radius 3 is 2.79 bits per heavy atom. The predicted octanol–water partition coefficient (Wildman–Crippen LogP) is 3.56. The fourth-order valence-corrected chi connectivity index (χ4v) is 3.91. The molecule has 0 fully saturated rings. The molecular weight excluding hydrogens is 420 g/mol. The molecule has 2 aromatic carbocycles. The van der Waals surface area contributed by atoms with Crippen LogP contribution in [0.15, 0.2) is 47.3 Å². The van der Waals surface area contributed by atoms with Gasteiger partial charge in [-0.05, 0) is 46.3 Å². The smallest absolute Gasteiger partial charge is 0.288 e. The van der Waals surface area contributed by atoms with E-state index < -0.39 is 17.4 Å². The van der Waals surface area contributed by atoms with Gasteiger partial charge in [0.15, 0.2) is 0 Å². The van der Waals surface area contributed by atoms with Crippen LogP contribution in [0.5, 0.6) is 0 Å². The molecule has 8 nitrogen and oxygen atoms in total. The summed E-state index contributed by atoms with van der Waals surface area (Å²) in [6, 6.07) is 10.2. The Bertz CT molecular complexity index is 1320. The standard InChI is InChI=1S/C18H10Cl2FN7O/c19-9-4-5-11(12(20)7-9)14-13-15(17(29)24-23-14)22-18-25-26-27-28(18)16(13)8-2-1-3-10(21)6-8/h1-7,16H,(H,24,29)(H,22,25,27).